The van der Waals surface area contributed by atoms with Crippen LogP contribution in [0.15, 0.2) is 24.3 Å². The summed E-state index contributed by atoms with van der Waals surface area (Å²) in [6.07, 6.45) is 5.92. The Morgan fingerprint density at radius 3 is 2.58 bits per heavy atom. The van der Waals surface area contributed by atoms with Crippen molar-refractivity contribution >= 4 is 12.4 Å². The summed E-state index contributed by atoms with van der Waals surface area (Å²) in [5, 5.41) is 12.5. The van der Waals surface area contributed by atoms with Gasteiger partial charge in [-0.3, -0.25) is 4.90 Å². The molecule has 0 N–H and O–H groups in total. The van der Waals surface area contributed by atoms with Gasteiger partial charge in [0.1, 0.15) is 5.82 Å². The largest absolute Gasteiger partial charge is 0.376 e. The van der Waals surface area contributed by atoms with Crippen molar-refractivity contribution in [3.8, 4) is 0 Å². The summed E-state index contributed by atoms with van der Waals surface area (Å²) in [5.41, 5.74) is 1.03. The van der Waals surface area contributed by atoms with Crippen LogP contribution in [0.2, 0.25) is 0 Å². The lowest BCUT2D eigenvalue weighted by atomic mass is 10.0. The average Bonchev–Trinajstić information content (AvgIpc) is 3.31. The zero-order valence-electron chi connectivity index (χ0n) is 14.8. The lowest BCUT2D eigenvalue weighted by Crippen LogP contribution is -2.36. The third-order valence-corrected chi connectivity index (χ3v) is 5.15. The molecule has 2 aromatic rings. The van der Waals surface area contributed by atoms with Crippen LogP contribution >= 0.6 is 12.4 Å². The third kappa shape index (κ3) is 4.22. The first-order valence-electron chi connectivity index (χ1n) is 9.18. The van der Waals surface area contributed by atoms with Gasteiger partial charge in [-0.25, -0.2) is 9.07 Å². The normalized spacial score (nSPS) is 22.1. The number of piperidine rings is 1. The predicted octanol–water partition coefficient (Wildman–Crippen LogP) is 2.99. The molecule has 1 aromatic carbocycles. The number of aromatic nitrogens is 4. The van der Waals surface area contributed by atoms with Gasteiger partial charge in [0.2, 0.25) is 0 Å². The molecule has 2 aliphatic heterocycles. The highest BCUT2D eigenvalue weighted by Crippen LogP contribution is 2.30. The first-order valence-corrected chi connectivity index (χ1v) is 9.18. The highest BCUT2D eigenvalue weighted by Gasteiger charge is 2.30. The number of nitrogens with zero attached hydrogens (tertiary/aromatic N) is 5. The van der Waals surface area contributed by atoms with Gasteiger partial charge in [0.25, 0.3) is 0 Å². The Morgan fingerprint density at radius 1 is 1.12 bits per heavy atom. The van der Waals surface area contributed by atoms with E-state index in [1.54, 1.807) is 0 Å². The molecule has 3 heterocycles. The number of hydrogen-bond donors (Lipinski definition) is 0. The minimum absolute atomic E-state index is 0. The van der Waals surface area contributed by atoms with Crippen molar-refractivity contribution in [2.75, 3.05) is 19.7 Å². The van der Waals surface area contributed by atoms with E-state index in [0.717, 1.165) is 43.9 Å². The van der Waals surface area contributed by atoms with Crippen LogP contribution in [0, 0.1) is 5.82 Å². The maximum atomic E-state index is 13.4. The molecule has 0 aliphatic carbocycles. The lowest BCUT2D eigenvalue weighted by molar-refractivity contribution is 0.0902. The minimum Gasteiger partial charge on any atom is -0.376 e. The van der Waals surface area contributed by atoms with Crippen LogP contribution in [0.25, 0.3) is 0 Å². The first kappa shape index (κ1) is 19.2. The summed E-state index contributed by atoms with van der Waals surface area (Å²) in [5.74, 6) is 0.601. The fourth-order valence-electron chi connectivity index (χ4n) is 3.86. The topological polar surface area (TPSA) is 56.1 Å². The smallest absolute Gasteiger partial charge is 0.173 e. The number of ether oxygens (including phenoxy) is 1. The number of rotatable bonds is 5. The summed E-state index contributed by atoms with van der Waals surface area (Å²) in [6, 6.07) is 6.68. The van der Waals surface area contributed by atoms with E-state index in [-0.39, 0.29) is 30.4 Å². The fraction of sp³-hybridized carbons (Fsp3) is 0.611. The number of likely N-dealkylation sites (tertiary alicyclic amines) is 1. The van der Waals surface area contributed by atoms with Gasteiger partial charge in [-0.05, 0) is 66.9 Å². The summed E-state index contributed by atoms with van der Waals surface area (Å²) < 4.78 is 21.0. The number of benzene rings is 1. The average molecular weight is 382 g/mol. The number of tetrazole rings is 1. The van der Waals surface area contributed by atoms with Crippen molar-refractivity contribution in [1.82, 2.24) is 25.1 Å². The molecule has 2 saturated heterocycles. The van der Waals surface area contributed by atoms with E-state index in [4.69, 9.17) is 4.74 Å². The summed E-state index contributed by atoms with van der Waals surface area (Å²) >= 11 is 0. The van der Waals surface area contributed by atoms with Crippen LogP contribution in [0.3, 0.4) is 0 Å². The van der Waals surface area contributed by atoms with Crippen LogP contribution < -0.4 is 0 Å². The molecule has 2 fully saturated rings. The van der Waals surface area contributed by atoms with Crippen molar-refractivity contribution in [2.24, 2.45) is 0 Å². The molecular weight excluding hydrogens is 357 g/mol. The van der Waals surface area contributed by atoms with Crippen molar-refractivity contribution in [3.63, 3.8) is 0 Å². The Bertz CT molecular complexity index is 683. The van der Waals surface area contributed by atoms with Crippen LogP contribution in [0.5, 0.6) is 0 Å². The van der Waals surface area contributed by atoms with Crippen molar-refractivity contribution in [2.45, 2.75) is 50.8 Å². The molecule has 4 rings (SSSR count). The molecule has 2 unspecified atom stereocenters. The molecule has 2 atom stereocenters. The SMILES string of the molecule is Cl.Fc1ccc(C(c2nnnn2CC2CCCO2)N2CCCCC2)cc1. The highest BCUT2D eigenvalue weighted by atomic mass is 35.5. The van der Waals surface area contributed by atoms with E-state index in [0.29, 0.717) is 6.54 Å². The summed E-state index contributed by atoms with van der Waals surface area (Å²) in [4.78, 5) is 2.41. The van der Waals surface area contributed by atoms with Crippen molar-refractivity contribution < 1.29 is 9.13 Å². The van der Waals surface area contributed by atoms with Gasteiger partial charge in [0.05, 0.1) is 18.7 Å². The van der Waals surface area contributed by atoms with Crippen LogP contribution in [0.1, 0.15) is 49.5 Å². The molecule has 1 aromatic heterocycles. The standard InChI is InChI=1S/C18H24FN5O.ClH/c19-15-8-6-14(7-9-15)17(23-10-2-1-3-11-23)18-20-21-22-24(18)13-16-5-4-12-25-16;/h6-9,16-17H,1-5,10-13H2;1H. The number of halogens is 2. The first-order chi connectivity index (χ1) is 12.3. The van der Waals surface area contributed by atoms with Crippen LogP contribution in [0.4, 0.5) is 4.39 Å². The van der Waals surface area contributed by atoms with Crippen molar-refractivity contribution in [3.05, 3.63) is 41.5 Å². The Labute approximate surface area is 159 Å². The maximum Gasteiger partial charge on any atom is 0.173 e. The van der Waals surface area contributed by atoms with Gasteiger partial charge in [-0.1, -0.05) is 18.6 Å². The maximum absolute atomic E-state index is 13.4. The molecular formula is C18H25ClFN5O. The molecule has 0 spiro atoms. The third-order valence-electron chi connectivity index (χ3n) is 5.15. The van der Waals surface area contributed by atoms with E-state index in [9.17, 15) is 4.39 Å². The monoisotopic (exact) mass is 381 g/mol. The Hall–Kier alpha value is -1.57. The zero-order chi connectivity index (χ0) is 17.1. The van der Waals surface area contributed by atoms with Gasteiger partial charge in [-0.15, -0.1) is 17.5 Å². The highest BCUT2D eigenvalue weighted by molar-refractivity contribution is 5.85. The fourth-order valence-corrected chi connectivity index (χ4v) is 3.86. The molecule has 26 heavy (non-hydrogen) atoms. The second-order valence-electron chi connectivity index (χ2n) is 6.90. The molecule has 0 saturated carbocycles. The Kier molecular flexibility index (Phi) is 6.56. The summed E-state index contributed by atoms with van der Waals surface area (Å²) in [7, 11) is 0. The quantitative estimate of drug-likeness (QED) is 0.796. The van der Waals surface area contributed by atoms with Gasteiger partial charge in [-0.2, -0.15) is 0 Å². The minimum atomic E-state index is -0.222. The number of hydrogen-bond acceptors (Lipinski definition) is 5. The second kappa shape index (κ2) is 8.88. The van der Waals surface area contributed by atoms with Gasteiger partial charge in [0, 0.05) is 6.61 Å². The van der Waals surface area contributed by atoms with Crippen LogP contribution in [-0.4, -0.2) is 50.9 Å². The van der Waals surface area contributed by atoms with Gasteiger partial charge >= 0.3 is 0 Å². The van der Waals surface area contributed by atoms with Crippen molar-refractivity contribution in [1.29, 1.82) is 0 Å². The van der Waals surface area contributed by atoms with Gasteiger partial charge < -0.3 is 4.74 Å². The van der Waals surface area contributed by atoms with E-state index >= 15 is 0 Å². The van der Waals surface area contributed by atoms with E-state index in [1.807, 2.05) is 16.8 Å². The lowest BCUT2D eigenvalue weighted by Gasteiger charge is -2.34. The molecule has 8 heteroatoms. The molecule has 142 valence electrons. The van der Waals surface area contributed by atoms with E-state index in [1.165, 1.54) is 31.4 Å². The Morgan fingerprint density at radius 2 is 1.88 bits per heavy atom. The molecule has 0 bridgehead atoms. The predicted molar refractivity (Wildman–Crippen MR) is 97.7 cm³/mol. The molecule has 2 aliphatic rings. The molecule has 0 radical (unpaired) electrons. The second-order valence-corrected chi connectivity index (χ2v) is 6.90. The van der Waals surface area contributed by atoms with Gasteiger partial charge in [0.15, 0.2) is 5.82 Å². The molecule has 6 nitrogen and oxygen atoms in total. The van der Waals surface area contributed by atoms with Crippen LogP contribution in [-0.2, 0) is 11.3 Å². The summed E-state index contributed by atoms with van der Waals surface area (Å²) in [6.45, 7) is 3.51. The zero-order valence-corrected chi connectivity index (χ0v) is 15.6. The Balaban J connectivity index is 0.00000196. The van der Waals surface area contributed by atoms with E-state index < -0.39 is 0 Å². The van der Waals surface area contributed by atoms with E-state index in [2.05, 4.69) is 20.4 Å². The molecule has 0 amide bonds.